The molecule has 0 radical (unpaired) electrons. The molecule has 0 aromatic carbocycles. The Morgan fingerprint density at radius 3 is 2.70 bits per heavy atom. The SMILES string of the molecule is C=C(C)CCCC(C)C=O. The fourth-order valence-corrected chi connectivity index (χ4v) is 0.794. The number of hydrogen-bond acceptors (Lipinski definition) is 1. The molecule has 0 fully saturated rings. The molecule has 0 N–H and O–H groups in total. The molecule has 0 aromatic rings. The quantitative estimate of drug-likeness (QED) is 0.423. The summed E-state index contributed by atoms with van der Waals surface area (Å²) in [6, 6.07) is 0. The fraction of sp³-hybridized carbons (Fsp3) is 0.667. The molecule has 0 rings (SSSR count). The van der Waals surface area contributed by atoms with Crippen molar-refractivity contribution in [3.05, 3.63) is 12.2 Å². The van der Waals surface area contributed by atoms with Gasteiger partial charge in [-0.1, -0.05) is 12.5 Å². The van der Waals surface area contributed by atoms with Crippen molar-refractivity contribution in [3.63, 3.8) is 0 Å². The van der Waals surface area contributed by atoms with E-state index in [-0.39, 0.29) is 5.92 Å². The lowest BCUT2D eigenvalue weighted by atomic mass is 10.0. The molecule has 0 aliphatic heterocycles. The Labute approximate surface area is 63.1 Å². The van der Waals surface area contributed by atoms with E-state index >= 15 is 0 Å². The van der Waals surface area contributed by atoms with Gasteiger partial charge >= 0.3 is 0 Å². The van der Waals surface area contributed by atoms with Crippen LogP contribution in [-0.4, -0.2) is 6.29 Å². The van der Waals surface area contributed by atoms with E-state index in [1.165, 1.54) is 5.57 Å². The first-order chi connectivity index (χ1) is 4.66. The van der Waals surface area contributed by atoms with Gasteiger partial charge in [-0.15, -0.1) is 6.58 Å². The molecule has 0 aliphatic rings. The maximum atomic E-state index is 10.2. The molecule has 1 nitrogen and oxygen atoms in total. The summed E-state index contributed by atoms with van der Waals surface area (Å²) in [7, 11) is 0. The third-order valence-corrected chi connectivity index (χ3v) is 1.50. The van der Waals surface area contributed by atoms with Gasteiger partial charge in [0.05, 0.1) is 0 Å². The lowest BCUT2D eigenvalue weighted by Gasteiger charge is -2.01. The van der Waals surface area contributed by atoms with E-state index < -0.39 is 0 Å². The van der Waals surface area contributed by atoms with Gasteiger partial charge in [-0.3, -0.25) is 0 Å². The van der Waals surface area contributed by atoms with E-state index in [9.17, 15) is 4.79 Å². The van der Waals surface area contributed by atoms with E-state index in [4.69, 9.17) is 0 Å². The van der Waals surface area contributed by atoms with Crippen LogP contribution in [0.15, 0.2) is 12.2 Å². The molecule has 1 unspecified atom stereocenters. The molecule has 0 aromatic heterocycles. The zero-order chi connectivity index (χ0) is 7.98. The first kappa shape index (κ1) is 9.41. The minimum Gasteiger partial charge on any atom is -0.303 e. The summed E-state index contributed by atoms with van der Waals surface area (Å²) < 4.78 is 0. The molecule has 0 spiro atoms. The van der Waals surface area contributed by atoms with Crippen molar-refractivity contribution in [2.75, 3.05) is 0 Å². The molecular weight excluding hydrogens is 124 g/mol. The standard InChI is InChI=1S/C9H16O/c1-8(2)5-4-6-9(3)7-10/h7,9H,1,4-6H2,2-3H3. The van der Waals surface area contributed by atoms with Gasteiger partial charge in [-0.2, -0.15) is 0 Å². The van der Waals surface area contributed by atoms with E-state index in [0.29, 0.717) is 0 Å². The highest BCUT2D eigenvalue weighted by molar-refractivity contribution is 5.52. The van der Waals surface area contributed by atoms with Crippen LogP contribution in [0, 0.1) is 5.92 Å². The van der Waals surface area contributed by atoms with Gasteiger partial charge in [0, 0.05) is 5.92 Å². The Bertz CT molecular complexity index is 116. The van der Waals surface area contributed by atoms with Gasteiger partial charge in [-0.25, -0.2) is 0 Å². The molecule has 1 atom stereocenters. The van der Waals surface area contributed by atoms with Crippen LogP contribution in [-0.2, 0) is 4.79 Å². The Balaban J connectivity index is 3.19. The van der Waals surface area contributed by atoms with E-state index in [1.54, 1.807) is 0 Å². The molecule has 1 heteroatoms. The summed E-state index contributed by atoms with van der Waals surface area (Å²) in [5.74, 6) is 0.222. The summed E-state index contributed by atoms with van der Waals surface area (Å²) in [6.07, 6.45) is 4.15. The third-order valence-electron chi connectivity index (χ3n) is 1.50. The summed E-state index contributed by atoms with van der Waals surface area (Å²) >= 11 is 0. The minimum atomic E-state index is 0.222. The Morgan fingerprint density at radius 1 is 1.70 bits per heavy atom. The summed E-state index contributed by atoms with van der Waals surface area (Å²) in [5.41, 5.74) is 1.21. The maximum absolute atomic E-state index is 10.2. The molecule has 0 saturated heterocycles. The average Bonchev–Trinajstić information content (AvgIpc) is 1.87. The van der Waals surface area contributed by atoms with Gasteiger partial charge < -0.3 is 4.79 Å². The fourth-order valence-electron chi connectivity index (χ4n) is 0.794. The predicted octanol–water partition coefficient (Wildman–Crippen LogP) is 2.57. The van der Waals surface area contributed by atoms with Crippen molar-refractivity contribution < 1.29 is 4.79 Å². The molecule has 0 bridgehead atoms. The smallest absolute Gasteiger partial charge is 0.122 e. The van der Waals surface area contributed by atoms with E-state index in [1.807, 2.05) is 13.8 Å². The zero-order valence-corrected chi connectivity index (χ0v) is 6.89. The Hall–Kier alpha value is -0.590. The number of aldehydes is 1. The molecule has 58 valence electrons. The highest BCUT2D eigenvalue weighted by atomic mass is 16.1. The van der Waals surface area contributed by atoms with Crippen molar-refractivity contribution in [1.82, 2.24) is 0 Å². The van der Waals surface area contributed by atoms with Gasteiger partial charge in [0.25, 0.3) is 0 Å². The van der Waals surface area contributed by atoms with Crippen LogP contribution in [0.5, 0.6) is 0 Å². The van der Waals surface area contributed by atoms with Gasteiger partial charge in [0.15, 0.2) is 0 Å². The molecule has 0 saturated carbocycles. The second-order valence-electron chi connectivity index (χ2n) is 2.96. The first-order valence-electron chi connectivity index (χ1n) is 3.76. The van der Waals surface area contributed by atoms with Crippen molar-refractivity contribution in [1.29, 1.82) is 0 Å². The number of carbonyl (C=O) groups is 1. The Morgan fingerprint density at radius 2 is 2.30 bits per heavy atom. The minimum absolute atomic E-state index is 0.222. The predicted molar refractivity (Wildman–Crippen MR) is 43.9 cm³/mol. The summed E-state index contributed by atoms with van der Waals surface area (Å²) in [6.45, 7) is 7.76. The van der Waals surface area contributed by atoms with Crippen LogP contribution >= 0.6 is 0 Å². The topological polar surface area (TPSA) is 17.1 Å². The Kier molecular flexibility index (Phi) is 4.91. The van der Waals surface area contributed by atoms with Crippen molar-refractivity contribution >= 4 is 6.29 Å². The average molecular weight is 140 g/mol. The summed E-state index contributed by atoms with van der Waals surface area (Å²) in [4.78, 5) is 10.2. The molecular formula is C9H16O. The monoisotopic (exact) mass is 140 g/mol. The maximum Gasteiger partial charge on any atom is 0.122 e. The number of allylic oxidation sites excluding steroid dienone is 1. The van der Waals surface area contributed by atoms with Crippen molar-refractivity contribution in [3.8, 4) is 0 Å². The summed E-state index contributed by atoms with van der Waals surface area (Å²) in [5, 5.41) is 0. The largest absolute Gasteiger partial charge is 0.303 e. The third kappa shape index (κ3) is 5.54. The highest BCUT2D eigenvalue weighted by Gasteiger charge is 1.97. The van der Waals surface area contributed by atoms with Crippen LogP contribution in [0.1, 0.15) is 33.1 Å². The van der Waals surface area contributed by atoms with Crippen LogP contribution in [0.3, 0.4) is 0 Å². The van der Waals surface area contributed by atoms with Gasteiger partial charge in [-0.05, 0) is 26.2 Å². The van der Waals surface area contributed by atoms with Crippen LogP contribution in [0.4, 0.5) is 0 Å². The molecule has 0 heterocycles. The molecule has 0 aliphatic carbocycles. The van der Waals surface area contributed by atoms with Crippen molar-refractivity contribution in [2.45, 2.75) is 33.1 Å². The van der Waals surface area contributed by atoms with Crippen LogP contribution in [0.2, 0.25) is 0 Å². The second kappa shape index (κ2) is 5.21. The van der Waals surface area contributed by atoms with E-state index in [2.05, 4.69) is 6.58 Å². The molecule has 0 amide bonds. The number of carbonyl (C=O) groups excluding carboxylic acids is 1. The van der Waals surface area contributed by atoms with E-state index in [0.717, 1.165) is 25.5 Å². The lowest BCUT2D eigenvalue weighted by molar-refractivity contribution is -0.110. The number of hydrogen-bond donors (Lipinski definition) is 0. The highest BCUT2D eigenvalue weighted by Crippen LogP contribution is 2.08. The first-order valence-corrected chi connectivity index (χ1v) is 3.76. The van der Waals surface area contributed by atoms with Crippen LogP contribution in [0.25, 0.3) is 0 Å². The van der Waals surface area contributed by atoms with Crippen molar-refractivity contribution in [2.24, 2.45) is 5.92 Å². The number of rotatable bonds is 5. The van der Waals surface area contributed by atoms with Crippen LogP contribution < -0.4 is 0 Å². The van der Waals surface area contributed by atoms with Gasteiger partial charge in [0.1, 0.15) is 6.29 Å². The zero-order valence-electron chi connectivity index (χ0n) is 6.89. The normalized spacial score (nSPS) is 12.6. The molecule has 10 heavy (non-hydrogen) atoms. The lowest BCUT2D eigenvalue weighted by Crippen LogP contribution is -1.94. The second-order valence-corrected chi connectivity index (χ2v) is 2.96. The van der Waals surface area contributed by atoms with Gasteiger partial charge in [0.2, 0.25) is 0 Å².